The van der Waals surface area contributed by atoms with Crippen molar-refractivity contribution in [2.45, 2.75) is 77.6 Å². The highest BCUT2D eigenvalue weighted by atomic mass is 32.5. The number of carbonyl (C=O) groups excluding carboxylic acids is 1. The Labute approximate surface area is 244 Å². The summed E-state index contributed by atoms with van der Waals surface area (Å²) in [5.41, 5.74) is 5.47. The Bertz CT molecular complexity index is 1410. The van der Waals surface area contributed by atoms with Crippen LogP contribution in [0.4, 0.5) is 5.82 Å². The third kappa shape index (κ3) is 7.06. The number of nitrogens with zero attached hydrogens (tertiary/aromatic N) is 2. The van der Waals surface area contributed by atoms with Gasteiger partial charge in [-0.2, -0.15) is 0 Å². The molecule has 1 aliphatic rings. The molecule has 1 saturated heterocycles. The molecule has 3 heterocycles. The predicted octanol–water partition coefficient (Wildman–Crippen LogP) is 3.37. The Morgan fingerprint density at radius 2 is 1.98 bits per heavy atom. The lowest BCUT2D eigenvalue weighted by Gasteiger charge is -2.32. The summed E-state index contributed by atoms with van der Waals surface area (Å²) in [6, 6.07) is 7.96. The monoisotopic (exact) mass is 607 g/mol. The van der Waals surface area contributed by atoms with E-state index in [1.54, 1.807) is 44.3 Å². The molecule has 12 nitrogen and oxygen atoms in total. The third-order valence-electron chi connectivity index (χ3n) is 6.63. The maximum atomic E-state index is 12.8. The molecule has 1 aliphatic heterocycles. The lowest BCUT2D eigenvalue weighted by Crippen LogP contribution is -2.46. The van der Waals surface area contributed by atoms with Crippen molar-refractivity contribution in [2.24, 2.45) is 5.41 Å². The molecule has 41 heavy (non-hydrogen) atoms. The molecule has 3 aromatic rings. The first-order valence-corrected chi connectivity index (χ1v) is 15.9. The number of nitrogens with two attached hydrogens (primary N) is 1. The van der Waals surface area contributed by atoms with Crippen LogP contribution in [0.15, 0.2) is 42.9 Å². The van der Waals surface area contributed by atoms with Gasteiger partial charge in [-0.15, -0.1) is 0 Å². The van der Waals surface area contributed by atoms with E-state index in [-0.39, 0.29) is 17.8 Å². The number of carbonyl (C=O) groups is 1. The number of aliphatic hydroxyl groups excluding tert-OH is 1. The number of rotatable bonds is 10. The van der Waals surface area contributed by atoms with Crippen LogP contribution in [0.3, 0.4) is 0 Å². The SMILES string of the molecule is CC(NP(=S)(Oc1ccccc1)OC(C)C1O[C@@H](c2c[nH]c3c(N)ncnc23)[C@](C)(O)[C@@H]1O)C(=O)OCC(C)(C)C. The molecule has 6 N–H and O–H groups in total. The number of nitrogen functional groups attached to an aromatic ring is 1. The molecule has 0 aliphatic carbocycles. The van der Waals surface area contributed by atoms with Crippen LogP contribution in [0.2, 0.25) is 0 Å². The average molecular weight is 608 g/mol. The molecule has 1 fully saturated rings. The van der Waals surface area contributed by atoms with Crippen LogP contribution in [0.5, 0.6) is 5.75 Å². The van der Waals surface area contributed by atoms with Gasteiger partial charge in [-0.1, -0.05) is 39.0 Å². The van der Waals surface area contributed by atoms with Gasteiger partial charge in [0.05, 0.1) is 18.2 Å². The molecule has 7 atom stereocenters. The van der Waals surface area contributed by atoms with Crippen molar-refractivity contribution in [1.29, 1.82) is 0 Å². The molecular weight excluding hydrogens is 569 g/mol. The topological polar surface area (TPSA) is 174 Å². The van der Waals surface area contributed by atoms with Crippen LogP contribution in [-0.4, -0.2) is 67.7 Å². The van der Waals surface area contributed by atoms with Gasteiger partial charge in [0.1, 0.15) is 47.5 Å². The summed E-state index contributed by atoms with van der Waals surface area (Å²) in [4.78, 5) is 24.0. The Morgan fingerprint density at radius 1 is 1.29 bits per heavy atom. The number of fused-ring (bicyclic) bond motifs is 1. The molecule has 1 aromatic carbocycles. The van der Waals surface area contributed by atoms with E-state index in [9.17, 15) is 15.0 Å². The first kappa shape index (κ1) is 31.3. The molecule has 4 unspecified atom stereocenters. The number of para-hydroxylation sites is 1. The van der Waals surface area contributed by atoms with Crippen LogP contribution in [0.25, 0.3) is 11.0 Å². The number of benzene rings is 1. The van der Waals surface area contributed by atoms with Crippen LogP contribution in [-0.2, 0) is 30.6 Å². The van der Waals surface area contributed by atoms with Gasteiger partial charge in [0.25, 0.3) is 0 Å². The number of nitrogens with one attached hydrogen (secondary N) is 2. The van der Waals surface area contributed by atoms with E-state index in [2.05, 4.69) is 20.0 Å². The molecule has 0 bridgehead atoms. The number of anilines is 1. The van der Waals surface area contributed by atoms with E-state index in [4.69, 9.17) is 36.1 Å². The van der Waals surface area contributed by atoms with Gasteiger partial charge in [0.2, 0.25) is 0 Å². The molecule has 0 radical (unpaired) electrons. The fraction of sp³-hybridized carbons (Fsp3) is 0.519. The summed E-state index contributed by atoms with van der Waals surface area (Å²) in [5, 5.41) is 25.6. The molecule has 4 rings (SSSR count). The zero-order valence-electron chi connectivity index (χ0n) is 23.9. The standard InChI is InChI=1S/C27H38N5O7PS/c1-15(25(34)36-13-26(3,4)5)32-40(41,39-17-10-8-7-9-11-17)38-16(2)21-22(33)27(6,35)23(37-21)18-12-29-20-19(18)30-14-31-24(20)28/h7-12,14-16,21-23,29,33,35H,13H2,1-6H3,(H,32,41)(H2,28,30,31)/t15?,16?,21?,22-,23+,27-,40?/m1/s1. The average Bonchev–Trinajstić information content (AvgIpc) is 3.41. The van der Waals surface area contributed by atoms with Crippen molar-refractivity contribution in [3.63, 3.8) is 0 Å². The van der Waals surface area contributed by atoms with Gasteiger partial charge in [0, 0.05) is 11.8 Å². The van der Waals surface area contributed by atoms with E-state index in [0.29, 0.717) is 22.3 Å². The van der Waals surface area contributed by atoms with E-state index >= 15 is 0 Å². The quantitative estimate of drug-likeness (QED) is 0.168. The van der Waals surface area contributed by atoms with Crippen molar-refractivity contribution in [3.05, 3.63) is 48.4 Å². The fourth-order valence-electron chi connectivity index (χ4n) is 4.47. The number of hydrogen-bond donors (Lipinski definition) is 5. The Hall–Kier alpha value is -2.64. The van der Waals surface area contributed by atoms with E-state index in [1.165, 1.54) is 13.3 Å². The third-order valence-corrected chi connectivity index (χ3v) is 9.19. The van der Waals surface area contributed by atoms with Gasteiger partial charge >= 0.3 is 12.6 Å². The van der Waals surface area contributed by atoms with Gasteiger partial charge in [-0.05, 0) is 50.1 Å². The lowest BCUT2D eigenvalue weighted by atomic mass is 9.88. The predicted molar refractivity (Wildman–Crippen MR) is 157 cm³/mol. The highest BCUT2D eigenvalue weighted by molar-refractivity contribution is 8.09. The minimum Gasteiger partial charge on any atom is -0.464 e. The molecule has 0 spiro atoms. The Morgan fingerprint density at radius 3 is 2.63 bits per heavy atom. The summed E-state index contributed by atoms with van der Waals surface area (Å²) in [5.74, 6) is 0.162. The molecule has 0 saturated carbocycles. The van der Waals surface area contributed by atoms with Gasteiger partial charge in [0.15, 0.2) is 5.82 Å². The van der Waals surface area contributed by atoms with Crippen molar-refractivity contribution in [1.82, 2.24) is 20.0 Å². The maximum absolute atomic E-state index is 12.8. The van der Waals surface area contributed by atoms with E-state index in [1.807, 2.05) is 26.8 Å². The summed E-state index contributed by atoms with van der Waals surface area (Å²) < 4.78 is 24.0. The van der Waals surface area contributed by atoms with E-state index in [0.717, 1.165) is 0 Å². The second kappa shape index (κ2) is 11.9. The zero-order valence-corrected chi connectivity index (χ0v) is 25.6. The number of aromatic amines is 1. The number of H-pyrrole nitrogens is 1. The van der Waals surface area contributed by atoms with Crippen LogP contribution in [0, 0.1) is 5.41 Å². The first-order chi connectivity index (χ1) is 19.1. The second-order valence-corrected chi connectivity index (χ2v) is 14.7. The smallest absolute Gasteiger partial charge is 0.323 e. The Balaban J connectivity index is 1.56. The van der Waals surface area contributed by atoms with Crippen molar-refractivity contribution in [2.75, 3.05) is 12.3 Å². The van der Waals surface area contributed by atoms with Gasteiger partial charge in [-0.25, -0.2) is 15.1 Å². The van der Waals surface area contributed by atoms with Crippen molar-refractivity contribution < 1.29 is 33.5 Å². The minimum absolute atomic E-state index is 0.215. The van der Waals surface area contributed by atoms with E-state index < -0.39 is 48.7 Å². The molecular formula is C27H38N5O7PS. The van der Waals surface area contributed by atoms with Crippen LogP contribution in [0.1, 0.15) is 53.2 Å². The van der Waals surface area contributed by atoms with Crippen molar-refractivity contribution >= 4 is 41.3 Å². The normalized spacial score (nSPS) is 25.9. The first-order valence-electron chi connectivity index (χ1n) is 13.2. The lowest BCUT2D eigenvalue weighted by molar-refractivity contribution is -0.148. The minimum atomic E-state index is -3.45. The number of esters is 1. The van der Waals surface area contributed by atoms with Crippen LogP contribution >= 0.6 is 6.64 Å². The van der Waals surface area contributed by atoms with Crippen molar-refractivity contribution in [3.8, 4) is 5.75 Å². The summed E-state index contributed by atoms with van der Waals surface area (Å²) in [7, 11) is 0. The molecule has 224 valence electrons. The van der Waals surface area contributed by atoms with Crippen LogP contribution < -0.4 is 15.3 Å². The number of aliphatic hydroxyl groups is 2. The summed E-state index contributed by atoms with van der Waals surface area (Å²) in [6.45, 7) is 7.38. The van der Waals surface area contributed by atoms with Gasteiger partial charge in [-0.3, -0.25) is 4.79 Å². The zero-order chi connectivity index (χ0) is 30.2. The molecule has 14 heteroatoms. The largest absolute Gasteiger partial charge is 0.464 e. The number of ether oxygens (including phenoxy) is 2. The summed E-state index contributed by atoms with van der Waals surface area (Å²) in [6.07, 6.45) is -1.33. The molecule has 0 amide bonds. The number of aromatic nitrogens is 3. The van der Waals surface area contributed by atoms with Gasteiger partial charge < -0.3 is 39.5 Å². The number of hydrogen-bond acceptors (Lipinski definition) is 11. The maximum Gasteiger partial charge on any atom is 0.323 e. The molecule has 2 aromatic heterocycles. The highest BCUT2D eigenvalue weighted by Gasteiger charge is 2.56. The fourth-order valence-corrected chi connectivity index (χ4v) is 7.30. The summed E-state index contributed by atoms with van der Waals surface area (Å²) >= 11 is 5.84. The highest BCUT2D eigenvalue weighted by Crippen LogP contribution is 2.50. The Kier molecular flexibility index (Phi) is 9.10. The second-order valence-electron chi connectivity index (χ2n) is 11.6.